The minimum absolute atomic E-state index is 0.120. The molecule has 1 aliphatic rings. The topological polar surface area (TPSA) is 32.8 Å². The Morgan fingerprint density at radius 3 is 2.82 bits per heavy atom. The summed E-state index contributed by atoms with van der Waals surface area (Å²) < 4.78 is 5.49. The van der Waals surface area contributed by atoms with Crippen LogP contribution < -0.4 is 4.74 Å². The summed E-state index contributed by atoms with van der Waals surface area (Å²) in [5.74, 6) is 0.999. The molecule has 1 aliphatic heterocycles. The highest BCUT2D eigenvalue weighted by Crippen LogP contribution is 2.31. The van der Waals surface area contributed by atoms with E-state index < -0.39 is 0 Å². The minimum Gasteiger partial charge on any atom is -0.496 e. The van der Waals surface area contributed by atoms with E-state index in [0.29, 0.717) is 6.54 Å². The molecule has 116 valence electrons. The first kappa shape index (κ1) is 15.1. The third kappa shape index (κ3) is 2.87. The highest BCUT2D eigenvalue weighted by atomic mass is 32.1. The standard InChI is InChI=1S/C17H20N2O2S/c1-18-8-9-19(17(20)13-7-10-22-12-13)11-15(18)14-5-3-4-6-16(14)21-2/h3-7,10,12,15H,8-9,11H2,1-2H3/t15-/m0/s1. The van der Waals surface area contributed by atoms with Crippen LogP contribution in [0.1, 0.15) is 22.0 Å². The van der Waals surface area contributed by atoms with Crippen molar-refractivity contribution >= 4 is 17.2 Å². The van der Waals surface area contributed by atoms with Crippen molar-refractivity contribution in [1.82, 2.24) is 9.80 Å². The maximum Gasteiger partial charge on any atom is 0.254 e. The van der Waals surface area contributed by atoms with Crippen LogP contribution in [0.4, 0.5) is 0 Å². The van der Waals surface area contributed by atoms with Crippen molar-refractivity contribution in [2.24, 2.45) is 0 Å². The zero-order valence-corrected chi connectivity index (χ0v) is 13.7. The van der Waals surface area contributed by atoms with Crippen LogP contribution in [0.2, 0.25) is 0 Å². The number of para-hydroxylation sites is 1. The Labute approximate surface area is 134 Å². The molecular weight excluding hydrogens is 296 g/mol. The van der Waals surface area contributed by atoms with Crippen LogP contribution in [0.15, 0.2) is 41.1 Å². The molecule has 1 saturated heterocycles. The monoisotopic (exact) mass is 316 g/mol. The van der Waals surface area contributed by atoms with Gasteiger partial charge in [0.15, 0.2) is 0 Å². The van der Waals surface area contributed by atoms with Crippen molar-refractivity contribution in [1.29, 1.82) is 0 Å². The average molecular weight is 316 g/mol. The van der Waals surface area contributed by atoms with Crippen LogP contribution in [0.5, 0.6) is 5.75 Å². The molecule has 2 heterocycles. The number of hydrogen-bond acceptors (Lipinski definition) is 4. The Kier molecular flexibility index (Phi) is 4.45. The van der Waals surface area contributed by atoms with Gasteiger partial charge in [0.1, 0.15) is 5.75 Å². The molecule has 5 heteroatoms. The molecule has 0 bridgehead atoms. The van der Waals surface area contributed by atoms with Gasteiger partial charge in [0.2, 0.25) is 0 Å². The number of ether oxygens (including phenoxy) is 1. The van der Waals surface area contributed by atoms with Gasteiger partial charge in [0.05, 0.1) is 18.7 Å². The molecule has 2 aromatic rings. The lowest BCUT2D eigenvalue weighted by Gasteiger charge is -2.40. The highest BCUT2D eigenvalue weighted by Gasteiger charge is 2.30. The molecule has 0 N–H and O–H groups in total. The SMILES string of the molecule is COc1ccccc1[C@@H]1CN(C(=O)c2ccsc2)CCN1C. The molecule has 1 fully saturated rings. The lowest BCUT2D eigenvalue weighted by Crippen LogP contribution is -2.49. The van der Waals surface area contributed by atoms with Crippen molar-refractivity contribution < 1.29 is 9.53 Å². The van der Waals surface area contributed by atoms with Crippen molar-refractivity contribution in [2.75, 3.05) is 33.8 Å². The van der Waals surface area contributed by atoms with Crippen LogP contribution in [0, 0.1) is 0 Å². The summed E-state index contributed by atoms with van der Waals surface area (Å²) in [6.07, 6.45) is 0. The predicted molar refractivity (Wildman–Crippen MR) is 88.6 cm³/mol. The minimum atomic E-state index is 0.120. The highest BCUT2D eigenvalue weighted by molar-refractivity contribution is 7.08. The average Bonchev–Trinajstić information content (AvgIpc) is 3.09. The second kappa shape index (κ2) is 6.50. The van der Waals surface area contributed by atoms with E-state index in [4.69, 9.17) is 4.74 Å². The number of methoxy groups -OCH3 is 1. The fourth-order valence-electron chi connectivity index (χ4n) is 2.90. The number of carbonyl (C=O) groups is 1. The van der Waals surface area contributed by atoms with E-state index in [2.05, 4.69) is 18.0 Å². The molecule has 0 spiro atoms. The Hall–Kier alpha value is -1.85. The fourth-order valence-corrected chi connectivity index (χ4v) is 3.53. The summed E-state index contributed by atoms with van der Waals surface area (Å²) in [5.41, 5.74) is 1.92. The third-order valence-electron chi connectivity index (χ3n) is 4.20. The van der Waals surface area contributed by atoms with Crippen molar-refractivity contribution in [3.63, 3.8) is 0 Å². The van der Waals surface area contributed by atoms with Gasteiger partial charge in [-0.25, -0.2) is 0 Å². The van der Waals surface area contributed by atoms with Gasteiger partial charge in [-0.3, -0.25) is 9.69 Å². The Morgan fingerprint density at radius 1 is 1.27 bits per heavy atom. The number of thiophene rings is 1. The lowest BCUT2D eigenvalue weighted by molar-refractivity contribution is 0.0543. The Bertz CT molecular complexity index is 642. The van der Waals surface area contributed by atoms with E-state index in [9.17, 15) is 4.79 Å². The molecule has 22 heavy (non-hydrogen) atoms. The number of nitrogens with zero attached hydrogens (tertiary/aromatic N) is 2. The van der Waals surface area contributed by atoms with Gasteiger partial charge >= 0.3 is 0 Å². The summed E-state index contributed by atoms with van der Waals surface area (Å²) in [7, 11) is 3.79. The van der Waals surface area contributed by atoms with Crippen LogP contribution in [-0.4, -0.2) is 49.5 Å². The van der Waals surface area contributed by atoms with Crippen LogP contribution in [0.25, 0.3) is 0 Å². The van der Waals surface area contributed by atoms with E-state index in [-0.39, 0.29) is 11.9 Å². The van der Waals surface area contributed by atoms with Gasteiger partial charge in [0.25, 0.3) is 5.91 Å². The molecule has 3 rings (SSSR count). The summed E-state index contributed by atoms with van der Waals surface area (Å²) in [6, 6.07) is 10.1. The number of rotatable bonds is 3. The summed E-state index contributed by atoms with van der Waals surface area (Å²) in [4.78, 5) is 16.8. The Balaban J connectivity index is 1.83. The second-order valence-corrected chi connectivity index (χ2v) is 6.28. The molecule has 0 saturated carbocycles. The lowest BCUT2D eigenvalue weighted by atomic mass is 10.0. The van der Waals surface area contributed by atoms with E-state index in [1.807, 2.05) is 39.9 Å². The number of carbonyl (C=O) groups excluding carboxylic acids is 1. The van der Waals surface area contributed by atoms with Crippen molar-refractivity contribution in [2.45, 2.75) is 6.04 Å². The Morgan fingerprint density at radius 2 is 2.09 bits per heavy atom. The second-order valence-electron chi connectivity index (χ2n) is 5.50. The van der Waals surface area contributed by atoms with Gasteiger partial charge in [-0.05, 0) is 24.6 Å². The number of benzene rings is 1. The molecule has 0 radical (unpaired) electrons. The first-order valence-corrected chi connectivity index (χ1v) is 8.29. The molecule has 0 aliphatic carbocycles. The molecule has 4 nitrogen and oxygen atoms in total. The van der Waals surface area contributed by atoms with Gasteiger partial charge < -0.3 is 9.64 Å². The predicted octanol–water partition coefficient (Wildman–Crippen LogP) is 2.89. The maximum absolute atomic E-state index is 12.6. The van der Waals surface area contributed by atoms with Crippen LogP contribution in [-0.2, 0) is 0 Å². The van der Waals surface area contributed by atoms with E-state index in [1.165, 1.54) is 0 Å². The number of likely N-dealkylation sites (N-methyl/N-ethyl adjacent to an activating group) is 1. The molecule has 0 unspecified atom stereocenters. The molecule has 1 atom stereocenters. The first-order chi connectivity index (χ1) is 10.7. The van der Waals surface area contributed by atoms with E-state index in [0.717, 1.165) is 30.0 Å². The van der Waals surface area contributed by atoms with Crippen molar-refractivity contribution in [3.8, 4) is 5.75 Å². The van der Waals surface area contributed by atoms with Crippen LogP contribution >= 0.6 is 11.3 Å². The largest absolute Gasteiger partial charge is 0.496 e. The molecule has 1 amide bonds. The maximum atomic E-state index is 12.6. The number of hydrogen-bond donors (Lipinski definition) is 0. The summed E-state index contributed by atoms with van der Waals surface area (Å²) in [6.45, 7) is 2.31. The smallest absolute Gasteiger partial charge is 0.254 e. The quantitative estimate of drug-likeness (QED) is 0.873. The van der Waals surface area contributed by atoms with E-state index >= 15 is 0 Å². The van der Waals surface area contributed by atoms with Gasteiger partial charge in [-0.1, -0.05) is 18.2 Å². The van der Waals surface area contributed by atoms with Crippen LogP contribution in [0.3, 0.4) is 0 Å². The van der Waals surface area contributed by atoms with Gasteiger partial charge in [-0.2, -0.15) is 11.3 Å². The first-order valence-electron chi connectivity index (χ1n) is 7.35. The number of piperazine rings is 1. The molecular formula is C17H20N2O2S. The zero-order valence-electron chi connectivity index (χ0n) is 12.9. The summed E-state index contributed by atoms with van der Waals surface area (Å²) in [5, 5.41) is 3.86. The van der Waals surface area contributed by atoms with Crippen molar-refractivity contribution in [3.05, 3.63) is 52.2 Å². The number of amides is 1. The molecule has 1 aromatic heterocycles. The molecule has 1 aromatic carbocycles. The zero-order chi connectivity index (χ0) is 15.5. The van der Waals surface area contributed by atoms with Gasteiger partial charge in [-0.15, -0.1) is 0 Å². The third-order valence-corrected chi connectivity index (χ3v) is 4.88. The van der Waals surface area contributed by atoms with E-state index in [1.54, 1.807) is 18.4 Å². The fraction of sp³-hybridized carbons (Fsp3) is 0.353. The normalized spacial score (nSPS) is 19.2. The summed E-state index contributed by atoms with van der Waals surface area (Å²) >= 11 is 1.56. The van der Waals surface area contributed by atoms with Gasteiger partial charge in [0, 0.05) is 30.6 Å².